The Kier molecular flexibility index (Phi) is 2.88. The minimum absolute atomic E-state index is 0.0190. The molecule has 1 rings (SSSR count). The number of nitrogens with two attached hydrogens (primary N) is 1. The molecule has 0 aliphatic carbocycles. The molecule has 4 nitrogen and oxygen atoms in total. The van der Waals surface area contributed by atoms with Gasteiger partial charge in [-0.25, -0.2) is 0 Å². The van der Waals surface area contributed by atoms with E-state index in [2.05, 4.69) is 11.8 Å². The highest BCUT2D eigenvalue weighted by Gasteiger charge is 2.16. The summed E-state index contributed by atoms with van der Waals surface area (Å²) in [4.78, 5) is 0. The van der Waals surface area contributed by atoms with Gasteiger partial charge in [0.05, 0.1) is 19.1 Å². The molecule has 0 unspecified atom stereocenters. The second kappa shape index (κ2) is 3.95. The molecule has 0 aromatic heterocycles. The molecule has 2 N–H and O–H groups in total. The van der Waals surface area contributed by atoms with Crippen LogP contribution in [0.15, 0.2) is 0 Å². The highest BCUT2D eigenvalue weighted by Crippen LogP contribution is 2.06. The van der Waals surface area contributed by atoms with Gasteiger partial charge in [-0.3, -0.25) is 5.73 Å². The molecule has 1 saturated heterocycles. The van der Waals surface area contributed by atoms with Gasteiger partial charge >= 0.3 is 0 Å². The average Bonchev–Trinajstić information content (AvgIpc) is 2.04. The molecule has 4 heteroatoms. The van der Waals surface area contributed by atoms with Crippen LogP contribution in [0.1, 0.15) is 0 Å². The minimum Gasteiger partial charge on any atom is -0.339 e. The lowest BCUT2D eigenvalue weighted by atomic mass is 10.2. The Balaban J connectivity index is 2.35. The van der Waals surface area contributed by atoms with Crippen molar-refractivity contribution in [1.82, 2.24) is 0 Å². The van der Waals surface area contributed by atoms with Crippen LogP contribution in [0.25, 0.3) is 0 Å². The lowest BCUT2D eigenvalue weighted by molar-refractivity contribution is -0.187. The summed E-state index contributed by atoms with van der Waals surface area (Å²) < 4.78 is 9.86. The van der Waals surface area contributed by atoms with Gasteiger partial charge in [0.2, 0.25) is 6.41 Å². The van der Waals surface area contributed by atoms with Crippen LogP contribution in [-0.4, -0.2) is 19.6 Å². The summed E-state index contributed by atoms with van der Waals surface area (Å²) in [5, 5.41) is 8.12. The van der Waals surface area contributed by atoms with Crippen molar-refractivity contribution in [2.45, 2.75) is 6.41 Å². The van der Waals surface area contributed by atoms with E-state index < -0.39 is 6.41 Å². The quantitative estimate of drug-likeness (QED) is 0.471. The third kappa shape index (κ3) is 2.57. The Bertz CT molecular complexity index is 215. The van der Waals surface area contributed by atoms with E-state index in [-0.39, 0.29) is 5.92 Å². The normalized spacial score (nSPS) is 29.8. The van der Waals surface area contributed by atoms with Crippen molar-refractivity contribution in [1.29, 1.82) is 5.26 Å². The summed E-state index contributed by atoms with van der Waals surface area (Å²) >= 11 is 0. The van der Waals surface area contributed by atoms with E-state index in [0.717, 1.165) is 0 Å². The second-order valence-electron chi connectivity index (χ2n) is 2.11. The maximum atomic E-state index is 8.12. The topological polar surface area (TPSA) is 68.3 Å². The fourth-order valence-corrected chi connectivity index (χ4v) is 0.736. The van der Waals surface area contributed by atoms with E-state index in [1.807, 2.05) is 0 Å². The molecule has 1 fully saturated rings. The van der Waals surface area contributed by atoms with Gasteiger partial charge in [-0.1, -0.05) is 5.92 Å². The molecular weight excluding hydrogens is 144 g/mol. The molecule has 1 heterocycles. The summed E-state index contributed by atoms with van der Waals surface area (Å²) in [6, 6.07) is 1.72. The third-order valence-corrected chi connectivity index (χ3v) is 1.26. The first kappa shape index (κ1) is 8.03. The molecular formula is C7H8N2O2. The van der Waals surface area contributed by atoms with Gasteiger partial charge in [0.25, 0.3) is 0 Å². The Morgan fingerprint density at radius 2 is 2.00 bits per heavy atom. The van der Waals surface area contributed by atoms with E-state index in [1.165, 1.54) is 0 Å². The fourth-order valence-electron chi connectivity index (χ4n) is 0.736. The Morgan fingerprint density at radius 3 is 2.55 bits per heavy atom. The highest BCUT2D eigenvalue weighted by atomic mass is 16.7. The van der Waals surface area contributed by atoms with Crippen molar-refractivity contribution in [3.05, 3.63) is 0 Å². The molecule has 0 atom stereocenters. The fraction of sp³-hybridized carbons (Fsp3) is 0.571. The van der Waals surface area contributed by atoms with Crippen molar-refractivity contribution < 1.29 is 9.47 Å². The zero-order valence-corrected chi connectivity index (χ0v) is 5.91. The Labute approximate surface area is 64.9 Å². The molecule has 0 aromatic rings. The molecule has 0 radical (unpaired) electrons. The number of hydrogen-bond donors (Lipinski definition) is 1. The predicted molar refractivity (Wildman–Crippen MR) is 36.8 cm³/mol. The van der Waals surface area contributed by atoms with Gasteiger partial charge in [0.15, 0.2) is 6.07 Å². The number of nitrogens with zero attached hydrogens (tertiary/aromatic N) is 1. The van der Waals surface area contributed by atoms with Gasteiger partial charge in [0.1, 0.15) is 0 Å². The van der Waals surface area contributed by atoms with Gasteiger partial charge in [-0.15, -0.1) is 0 Å². The summed E-state index contributed by atoms with van der Waals surface area (Å²) in [5.41, 5.74) is 5.27. The van der Waals surface area contributed by atoms with Gasteiger partial charge in [0, 0.05) is 5.92 Å². The largest absolute Gasteiger partial charge is 0.339 e. The summed E-state index contributed by atoms with van der Waals surface area (Å²) in [6.45, 7) is 0.881. The number of hydrogen-bond acceptors (Lipinski definition) is 4. The summed E-state index contributed by atoms with van der Waals surface area (Å²) in [5.74, 6) is 4.94. The molecule has 0 bridgehead atoms. The van der Waals surface area contributed by atoms with Crippen LogP contribution in [-0.2, 0) is 9.47 Å². The van der Waals surface area contributed by atoms with Crippen LogP contribution in [0, 0.1) is 29.1 Å². The maximum Gasteiger partial charge on any atom is 0.213 e. The molecule has 58 valence electrons. The Hall–Kier alpha value is -1.07. The molecule has 0 spiro atoms. The SMILES string of the molecule is N#CC#CC1COC(N)OC1. The number of rotatable bonds is 0. The first-order chi connectivity index (χ1) is 5.33. The first-order valence-corrected chi connectivity index (χ1v) is 3.21. The minimum atomic E-state index is -0.630. The van der Waals surface area contributed by atoms with Crippen molar-refractivity contribution in [2.24, 2.45) is 11.7 Å². The number of ether oxygens (including phenoxy) is 2. The molecule has 0 aromatic carbocycles. The molecule has 1 aliphatic heterocycles. The summed E-state index contributed by atoms with van der Waals surface area (Å²) in [7, 11) is 0. The lowest BCUT2D eigenvalue weighted by Gasteiger charge is -2.23. The van der Waals surface area contributed by atoms with E-state index in [4.69, 9.17) is 20.5 Å². The standard InChI is InChI=1S/C7H8N2O2/c8-3-1-2-6-4-10-7(9)11-5-6/h6-7H,4-5,9H2. The summed E-state index contributed by atoms with van der Waals surface area (Å²) in [6.07, 6.45) is -0.630. The van der Waals surface area contributed by atoms with Gasteiger partial charge in [-0.2, -0.15) is 5.26 Å². The van der Waals surface area contributed by atoms with E-state index >= 15 is 0 Å². The van der Waals surface area contributed by atoms with Crippen molar-refractivity contribution in [3.8, 4) is 17.9 Å². The van der Waals surface area contributed by atoms with Gasteiger partial charge in [-0.05, 0) is 0 Å². The van der Waals surface area contributed by atoms with Crippen molar-refractivity contribution >= 4 is 0 Å². The maximum absolute atomic E-state index is 8.12. The van der Waals surface area contributed by atoms with Crippen molar-refractivity contribution in [2.75, 3.05) is 13.2 Å². The predicted octanol–water partition coefficient (Wildman–Crippen LogP) is -0.581. The zero-order chi connectivity index (χ0) is 8.10. The van der Waals surface area contributed by atoms with Crippen LogP contribution in [0.4, 0.5) is 0 Å². The second-order valence-corrected chi connectivity index (χ2v) is 2.11. The Morgan fingerprint density at radius 1 is 1.36 bits per heavy atom. The molecule has 0 amide bonds. The molecule has 0 saturated carbocycles. The van der Waals surface area contributed by atoms with E-state index in [0.29, 0.717) is 13.2 Å². The molecule has 11 heavy (non-hydrogen) atoms. The smallest absolute Gasteiger partial charge is 0.213 e. The average molecular weight is 152 g/mol. The monoisotopic (exact) mass is 152 g/mol. The zero-order valence-electron chi connectivity index (χ0n) is 5.91. The van der Waals surface area contributed by atoms with Crippen LogP contribution in [0.5, 0.6) is 0 Å². The van der Waals surface area contributed by atoms with E-state index in [9.17, 15) is 0 Å². The lowest BCUT2D eigenvalue weighted by Crippen LogP contribution is -2.37. The third-order valence-electron chi connectivity index (χ3n) is 1.26. The van der Waals surface area contributed by atoms with Crippen LogP contribution in [0.2, 0.25) is 0 Å². The van der Waals surface area contributed by atoms with E-state index in [1.54, 1.807) is 6.07 Å². The highest BCUT2D eigenvalue weighted by molar-refractivity contribution is 5.18. The van der Waals surface area contributed by atoms with Crippen LogP contribution >= 0.6 is 0 Å². The van der Waals surface area contributed by atoms with Crippen molar-refractivity contribution in [3.63, 3.8) is 0 Å². The first-order valence-electron chi connectivity index (χ1n) is 3.21. The van der Waals surface area contributed by atoms with Crippen LogP contribution in [0.3, 0.4) is 0 Å². The van der Waals surface area contributed by atoms with Gasteiger partial charge < -0.3 is 9.47 Å². The number of nitriles is 1. The van der Waals surface area contributed by atoms with Crippen LogP contribution < -0.4 is 5.73 Å². The molecule has 1 aliphatic rings.